The summed E-state index contributed by atoms with van der Waals surface area (Å²) in [6.45, 7) is 0. The molecule has 0 aliphatic carbocycles. The smallest absolute Gasteiger partial charge is 0.168 e. The Morgan fingerprint density at radius 3 is 2.55 bits per heavy atom. The van der Waals surface area contributed by atoms with Crippen molar-refractivity contribution < 1.29 is 5.03 Å². The van der Waals surface area contributed by atoms with E-state index in [0.717, 1.165) is 16.8 Å². The molecule has 1 rings (SSSR count). The number of hydrogen-bond acceptors (Lipinski definition) is 3. The molecule has 0 fully saturated rings. The van der Waals surface area contributed by atoms with Gasteiger partial charge in [-0.05, 0) is 12.1 Å². The Kier molecular flexibility index (Phi) is 2.74. The molecule has 0 saturated carbocycles. The van der Waals surface area contributed by atoms with Gasteiger partial charge in [-0.1, -0.05) is 23.0 Å². The van der Waals surface area contributed by atoms with Crippen molar-refractivity contribution in [3.63, 3.8) is 0 Å². The monoisotopic (exact) mass is 170 g/mol. The summed E-state index contributed by atoms with van der Waals surface area (Å²) < 4.78 is 0. The van der Waals surface area contributed by atoms with Crippen LogP contribution in [0.15, 0.2) is 35.2 Å². The van der Waals surface area contributed by atoms with Crippen LogP contribution in [0.25, 0.3) is 0 Å². The summed E-state index contributed by atoms with van der Waals surface area (Å²) in [6.07, 6.45) is 0. The second-order valence-electron chi connectivity index (χ2n) is 1.76. The van der Waals surface area contributed by atoms with Crippen molar-refractivity contribution in [1.82, 2.24) is 4.83 Å². The SMILES string of the molecule is O=[N+]([O-])NSc1ccccc1. The lowest BCUT2D eigenvalue weighted by atomic mass is 10.4. The highest BCUT2D eigenvalue weighted by Gasteiger charge is 1.95. The Labute approximate surface area is 67.9 Å². The second kappa shape index (κ2) is 3.82. The Bertz CT molecular complexity index is 240. The molecular weight excluding hydrogens is 164 g/mol. The minimum atomic E-state index is -0.586. The molecule has 0 aliphatic heterocycles. The van der Waals surface area contributed by atoms with E-state index in [1.807, 2.05) is 23.0 Å². The number of hydrazine groups is 1. The van der Waals surface area contributed by atoms with Crippen molar-refractivity contribution >= 4 is 11.9 Å². The van der Waals surface area contributed by atoms with Gasteiger partial charge >= 0.3 is 0 Å². The van der Waals surface area contributed by atoms with Gasteiger partial charge in [-0.25, -0.2) is 10.1 Å². The maximum absolute atomic E-state index is 9.85. The van der Waals surface area contributed by atoms with Gasteiger partial charge in [-0.15, -0.1) is 0 Å². The normalized spacial score (nSPS) is 9.09. The first-order chi connectivity index (χ1) is 5.29. The average Bonchev–Trinajstić information content (AvgIpc) is 2.03. The van der Waals surface area contributed by atoms with Crippen LogP contribution in [0.5, 0.6) is 0 Å². The van der Waals surface area contributed by atoms with Gasteiger partial charge < -0.3 is 0 Å². The fourth-order valence-corrected chi connectivity index (χ4v) is 1.05. The highest BCUT2D eigenvalue weighted by Crippen LogP contribution is 2.11. The third-order valence-corrected chi connectivity index (χ3v) is 1.73. The quantitative estimate of drug-likeness (QED) is 0.424. The zero-order chi connectivity index (χ0) is 8.10. The number of benzene rings is 1. The molecule has 0 aliphatic rings. The lowest BCUT2D eigenvalue weighted by Gasteiger charge is -1.94. The summed E-state index contributed by atoms with van der Waals surface area (Å²) in [5.41, 5.74) is 0. The van der Waals surface area contributed by atoms with Gasteiger partial charge in [0, 0.05) is 4.90 Å². The van der Waals surface area contributed by atoms with E-state index < -0.39 is 5.03 Å². The number of rotatable bonds is 3. The van der Waals surface area contributed by atoms with Gasteiger partial charge in [0.25, 0.3) is 0 Å². The standard InChI is InChI=1S/C6H6N2O2S/c9-8(10)7-11-6-4-2-1-3-5-6/h1-5,7H. The average molecular weight is 170 g/mol. The predicted octanol–water partition coefficient (Wildman–Crippen LogP) is 1.47. The molecule has 0 amide bonds. The Morgan fingerprint density at radius 2 is 2.00 bits per heavy atom. The molecule has 0 aromatic heterocycles. The van der Waals surface area contributed by atoms with E-state index in [0.29, 0.717) is 0 Å². The van der Waals surface area contributed by atoms with Gasteiger partial charge in [0.15, 0.2) is 5.03 Å². The third kappa shape index (κ3) is 2.90. The molecule has 5 heteroatoms. The third-order valence-electron chi connectivity index (χ3n) is 0.981. The molecule has 0 spiro atoms. The molecule has 58 valence electrons. The first kappa shape index (κ1) is 7.87. The van der Waals surface area contributed by atoms with Crippen molar-refractivity contribution in [3.05, 3.63) is 40.4 Å². The summed E-state index contributed by atoms with van der Waals surface area (Å²) in [6, 6.07) is 9.09. The van der Waals surface area contributed by atoms with Crippen LogP contribution in [0, 0.1) is 10.1 Å². The van der Waals surface area contributed by atoms with Crippen molar-refractivity contribution in [3.8, 4) is 0 Å². The van der Waals surface area contributed by atoms with Gasteiger partial charge in [-0.3, -0.25) is 0 Å². The zero-order valence-corrected chi connectivity index (χ0v) is 6.38. The van der Waals surface area contributed by atoms with Crippen LogP contribution in [0.2, 0.25) is 0 Å². The van der Waals surface area contributed by atoms with E-state index >= 15 is 0 Å². The van der Waals surface area contributed by atoms with Crippen molar-refractivity contribution in [2.24, 2.45) is 0 Å². The van der Waals surface area contributed by atoms with Crippen LogP contribution >= 0.6 is 11.9 Å². The first-order valence-corrected chi connectivity index (χ1v) is 3.72. The first-order valence-electron chi connectivity index (χ1n) is 2.91. The van der Waals surface area contributed by atoms with Gasteiger partial charge in [0.05, 0.1) is 11.9 Å². The Morgan fingerprint density at radius 1 is 1.36 bits per heavy atom. The highest BCUT2D eigenvalue weighted by atomic mass is 32.2. The topological polar surface area (TPSA) is 55.2 Å². The van der Waals surface area contributed by atoms with Crippen LogP contribution in [0.3, 0.4) is 0 Å². The zero-order valence-electron chi connectivity index (χ0n) is 5.56. The van der Waals surface area contributed by atoms with Crippen LogP contribution in [-0.4, -0.2) is 5.03 Å². The minimum Gasteiger partial charge on any atom is -0.234 e. The molecular formula is C6H6N2O2S. The van der Waals surface area contributed by atoms with Crippen LogP contribution < -0.4 is 4.83 Å². The van der Waals surface area contributed by atoms with Crippen LogP contribution in [0.1, 0.15) is 0 Å². The molecule has 0 atom stereocenters. The van der Waals surface area contributed by atoms with Crippen LogP contribution in [0.4, 0.5) is 0 Å². The second-order valence-corrected chi connectivity index (χ2v) is 2.62. The molecule has 0 saturated heterocycles. The number of nitro groups is 1. The summed E-state index contributed by atoms with van der Waals surface area (Å²) >= 11 is 0.979. The van der Waals surface area contributed by atoms with Gasteiger partial charge in [-0.2, -0.15) is 0 Å². The van der Waals surface area contributed by atoms with Crippen molar-refractivity contribution in [2.45, 2.75) is 4.90 Å². The van der Waals surface area contributed by atoms with E-state index in [1.54, 1.807) is 12.1 Å². The number of hydrogen-bond donors (Lipinski definition) is 1. The van der Waals surface area contributed by atoms with E-state index in [9.17, 15) is 10.1 Å². The molecule has 1 aromatic rings. The van der Waals surface area contributed by atoms with Gasteiger partial charge in [0.2, 0.25) is 0 Å². The summed E-state index contributed by atoms with van der Waals surface area (Å²) in [4.78, 5) is 12.7. The van der Waals surface area contributed by atoms with Crippen LogP contribution in [-0.2, 0) is 0 Å². The maximum Gasteiger partial charge on any atom is 0.168 e. The number of nitrogens with zero attached hydrogens (tertiary/aromatic N) is 1. The number of nitrogens with one attached hydrogen (secondary N) is 1. The summed E-state index contributed by atoms with van der Waals surface area (Å²) in [7, 11) is 0. The summed E-state index contributed by atoms with van der Waals surface area (Å²) in [5, 5.41) is 9.26. The largest absolute Gasteiger partial charge is 0.234 e. The highest BCUT2D eigenvalue weighted by molar-refractivity contribution is 7.97. The van der Waals surface area contributed by atoms with Crippen molar-refractivity contribution in [1.29, 1.82) is 0 Å². The minimum absolute atomic E-state index is 0.586. The predicted molar refractivity (Wildman–Crippen MR) is 42.4 cm³/mol. The Balaban J connectivity index is 2.45. The van der Waals surface area contributed by atoms with Gasteiger partial charge in [0.1, 0.15) is 0 Å². The van der Waals surface area contributed by atoms with Crippen molar-refractivity contribution in [2.75, 3.05) is 0 Å². The van der Waals surface area contributed by atoms with E-state index in [1.165, 1.54) is 0 Å². The summed E-state index contributed by atoms with van der Waals surface area (Å²) in [5.74, 6) is 0. The molecule has 11 heavy (non-hydrogen) atoms. The molecule has 4 nitrogen and oxygen atoms in total. The molecule has 0 heterocycles. The molecule has 0 bridgehead atoms. The Hall–Kier alpha value is -1.23. The van der Waals surface area contributed by atoms with E-state index in [-0.39, 0.29) is 0 Å². The lowest BCUT2D eigenvalue weighted by Crippen LogP contribution is -2.11. The molecule has 0 radical (unpaired) electrons. The fourth-order valence-electron chi connectivity index (χ4n) is 0.579. The molecule has 1 aromatic carbocycles. The van der Waals surface area contributed by atoms with E-state index in [4.69, 9.17) is 0 Å². The fraction of sp³-hybridized carbons (Fsp3) is 0. The molecule has 0 unspecified atom stereocenters. The molecule has 1 N–H and O–H groups in total. The lowest BCUT2D eigenvalue weighted by molar-refractivity contribution is -0.516. The maximum atomic E-state index is 9.85. The van der Waals surface area contributed by atoms with E-state index in [2.05, 4.69) is 0 Å².